The number of ketones is 1. The molecule has 0 saturated heterocycles. The van der Waals surface area contributed by atoms with Crippen LogP contribution in [0.25, 0.3) is 0 Å². The van der Waals surface area contributed by atoms with Crippen molar-refractivity contribution in [3.05, 3.63) is 35.9 Å². The fourth-order valence-electron chi connectivity index (χ4n) is 2.87. The molecular formula is C21H31NO5. The molecule has 0 saturated carbocycles. The molecule has 2 atom stereocenters. The number of nitrogens with one attached hydrogen (secondary N) is 1. The maximum Gasteiger partial charge on any atom is 0.408 e. The average molecular weight is 377 g/mol. The Hall–Kier alpha value is -2.37. The number of rotatable bonds is 11. The minimum Gasteiger partial charge on any atom is -0.481 e. The number of ether oxygens (including phenoxy) is 1. The van der Waals surface area contributed by atoms with Gasteiger partial charge in [0.05, 0.1) is 12.0 Å². The van der Waals surface area contributed by atoms with Crippen LogP contribution in [0.15, 0.2) is 30.3 Å². The van der Waals surface area contributed by atoms with Gasteiger partial charge in [0.2, 0.25) is 0 Å². The molecule has 0 heterocycles. The number of Topliss-reactive ketones (excluding diaryl/α,β-unsaturated/α-hetero) is 1. The summed E-state index contributed by atoms with van der Waals surface area (Å²) in [6.07, 6.45) is 0.0963. The maximum absolute atomic E-state index is 12.7. The minimum absolute atomic E-state index is 0.0934. The molecule has 0 aliphatic rings. The highest BCUT2D eigenvalue weighted by Crippen LogP contribution is 2.19. The third kappa shape index (κ3) is 9.22. The Bertz CT molecular complexity index is 612. The van der Waals surface area contributed by atoms with E-state index in [1.807, 2.05) is 58.0 Å². The number of amides is 1. The van der Waals surface area contributed by atoms with E-state index in [0.717, 1.165) is 5.56 Å². The molecule has 0 radical (unpaired) electrons. The Labute approximate surface area is 161 Å². The molecule has 0 aromatic heterocycles. The second-order valence-electron chi connectivity index (χ2n) is 7.72. The van der Waals surface area contributed by atoms with Crippen molar-refractivity contribution in [2.24, 2.45) is 17.8 Å². The number of benzene rings is 1. The molecule has 1 aromatic rings. The van der Waals surface area contributed by atoms with Crippen molar-refractivity contribution in [3.8, 4) is 0 Å². The zero-order chi connectivity index (χ0) is 20.4. The van der Waals surface area contributed by atoms with Crippen LogP contribution in [0.5, 0.6) is 0 Å². The number of hydrogen-bond acceptors (Lipinski definition) is 4. The summed E-state index contributed by atoms with van der Waals surface area (Å²) in [6.45, 7) is 7.84. The van der Waals surface area contributed by atoms with Crippen LogP contribution in [0.1, 0.15) is 52.5 Å². The van der Waals surface area contributed by atoms with Gasteiger partial charge in [0.1, 0.15) is 6.61 Å². The molecule has 0 spiro atoms. The lowest BCUT2D eigenvalue weighted by atomic mass is 9.89. The van der Waals surface area contributed by atoms with Crippen molar-refractivity contribution in [2.45, 2.75) is 59.6 Å². The molecule has 0 bridgehead atoms. The zero-order valence-corrected chi connectivity index (χ0v) is 16.6. The van der Waals surface area contributed by atoms with Crippen LogP contribution in [-0.2, 0) is 20.9 Å². The third-order valence-electron chi connectivity index (χ3n) is 4.15. The molecule has 1 amide bonds. The predicted octanol–water partition coefficient (Wildman–Crippen LogP) is 4.03. The van der Waals surface area contributed by atoms with E-state index >= 15 is 0 Å². The molecule has 1 aromatic carbocycles. The molecule has 27 heavy (non-hydrogen) atoms. The van der Waals surface area contributed by atoms with Crippen molar-refractivity contribution < 1.29 is 24.2 Å². The number of carboxylic acid groups (broad SMARTS) is 1. The van der Waals surface area contributed by atoms with Gasteiger partial charge in [-0.15, -0.1) is 0 Å². The van der Waals surface area contributed by atoms with Crippen molar-refractivity contribution >= 4 is 17.8 Å². The summed E-state index contributed by atoms with van der Waals surface area (Å²) < 4.78 is 5.19. The number of hydrogen-bond donors (Lipinski definition) is 2. The van der Waals surface area contributed by atoms with E-state index in [0.29, 0.717) is 12.8 Å². The maximum atomic E-state index is 12.7. The van der Waals surface area contributed by atoms with Gasteiger partial charge in [-0.05, 0) is 30.2 Å². The molecule has 0 unspecified atom stereocenters. The van der Waals surface area contributed by atoms with Crippen LogP contribution in [0, 0.1) is 17.8 Å². The van der Waals surface area contributed by atoms with Crippen LogP contribution in [0.3, 0.4) is 0 Å². The first-order valence-electron chi connectivity index (χ1n) is 9.41. The third-order valence-corrected chi connectivity index (χ3v) is 4.15. The van der Waals surface area contributed by atoms with E-state index < -0.39 is 24.0 Å². The molecular weight excluding hydrogens is 346 g/mol. The van der Waals surface area contributed by atoms with Crippen LogP contribution in [-0.4, -0.2) is 29.0 Å². The molecule has 0 aliphatic carbocycles. The minimum atomic E-state index is -0.980. The van der Waals surface area contributed by atoms with Crippen molar-refractivity contribution in [1.82, 2.24) is 5.32 Å². The lowest BCUT2D eigenvalue weighted by Gasteiger charge is -2.22. The van der Waals surface area contributed by atoms with E-state index in [1.165, 1.54) is 0 Å². The van der Waals surface area contributed by atoms with Crippen LogP contribution in [0.2, 0.25) is 0 Å². The quantitative estimate of drug-likeness (QED) is 0.607. The van der Waals surface area contributed by atoms with E-state index in [2.05, 4.69) is 5.32 Å². The summed E-state index contributed by atoms with van der Waals surface area (Å²) in [5.41, 5.74) is 0.849. The second kappa shape index (κ2) is 11.4. The molecule has 0 aliphatic heterocycles. The highest BCUT2D eigenvalue weighted by Gasteiger charge is 2.28. The Morgan fingerprint density at radius 1 is 1.00 bits per heavy atom. The average Bonchev–Trinajstić information content (AvgIpc) is 2.58. The normalized spacial score (nSPS) is 13.3. The Balaban J connectivity index is 2.68. The van der Waals surface area contributed by atoms with Crippen molar-refractivity contribution in [3.63, 3.8) is 0 Å². The summed E-state index contributed by atoms with van der Waals surface area (Å²) in [5, 5.41) is 12.0. The highest BCUT2D eigenvalue weighted by molar-refractivity contribution is 5.90. The van der Waals surface area contributed by atoms with Gasteiger partial charge in [0.15, 0.2) is 5.78 Å². The molecule has 1 rings (SSSR count). The van der Waals surface area contributed by atoms with Gasteiger partial charge < -0.3 is 15.2 Å². The van der Waals surface area contributed by atoms with Crippen molar-refractivity contribution in [2.75, 3.05) is 0 Å². The Kier molecular flexibility index (Phi) is 9.54. The van der Waals surface area contributed by atoms with Crippen LogP contribution >= 0.6 is 0 Å². The van der Waals surface area contributed by atoms with E-state index in [4.69, 9.17) is 4.74 Å². The SMILES string of the molecule is CC(C)C[C@H](CC(=O)[C@H](CC(C)C)NC(=O)OCc1ccccc1)C(=O)O. The van der Waals surface area contributed by atoms with E-state index in [9.17, 15) is 19.5 Å². The van der Waals surface area contributed by atoms with Crippen LogP contribution < -0.4 is 5.32 Å². The standard InChI is InChI=1S/C21H31NO5/c1-14(2)10-17(20(24)25)12-19(23)18(11-15(3)4)22-21(26)27-13-16-8-6-5-7-9-16/h5-9,14-15,17-18H,10-13H2,1-4H3,(H,22,26)(H,24,25)/t17-,18+/m1/s1. The summed E-state index contributed by atoms with van der Waals surface area (Å²) in [5.74, 6) is -1.65. The topological polar surface area (TPSA) is 92.7 Å². The largest absolute Gasteiger partial charge is 0.481 e. The number of aliphatic carboxylic acids is 1. The number of carboxylic acids is 1. The van der Waals surface area contributed by atoms with Gasteiger partial charge in [0, 0.05) is 6.42 Å². The van der Waals surface area contributed by atoms with Gasteiger partial charge in [-0.25, -0.2) is 4.79 Å². The van der Waals surface area contributed by atoms with E-state index in [1.54, 1.807) is 0 Å². The summed E-state index contributed by atoms with van der Waals surface area (Å²) in [7, 11) is 0. The second-order valence-corrected chi connectivity index (χ2v) is 7.72. The number of carbonyl (C=O) groups excluding carboxylic acids is 2. The molecule has 6 heteroatoms. The molecule has 0 fully saturated rings. The molecule has 2 N–H and O–H groups in total. The van der Waals surface area contributed by atoms with Gasteiger partial charge in [0.25, 0.3) is 0 Å². The smallest absolute Gasteiger partial charge is 0.408 e. The lowest BCUT2D eigenvalue weighted by molar-refractivity contribution is -0.144. The van der Waals surface area contributed by atoms with Crippen molar-refractivity contribution in [1.29, 1.82) is 0 Å². The first kappa shape index (κ1) is 22.7. The summed E-state index contributed by atoms with van der Waals surface area (Å²) >= 11 is 0. The summed E-state index contributed by atoms with van der Waals surface area (Å²) in [6, 6.07) is 8.50. The van der Waals surface area contributed by atoms with Gasteiger partial charge in [-0.3, -0.25) is 9.59 Å². The van der Waals surface area contributed by atoms with E-state index in [-0.39, 0.29) is 30.6 Å². The van der Waals surface area contributed by atoms with Gasteiger partial charge >= 0.3 is 12.1 Å². The van der Waals surface area contributed by atoms with Gasteiger partial charge in [-0.2, -0.15) is 0 Å². The number of carbonyl (C=O) groups is 3. The summed E-state index contributed by atoms with van der Waals surface area (Å²) in [4.78, 5) is 36.2. The monoisotopic (exact) mass is 377 g/mol. The zero-order valence-electron chi connectivity index (χ0n) is 16.6. The molecule has 150 valence electrons. The predicted molar refractivity (Wildman–Crippen MR) is 103 cm³/mol. The Morgan fingerprint density at radius 2 is 1.59 bits per heavy atom. The van der Waals surface area contributed by atoms with Gasteiger partial charge in [-0.1, -0.05) is 58.0 Å². The highest BCUT2D eigenvalue weighted by atomic mass is 16.5. The lowest BCUT2D eigenvalue weighted by Crippen LogP contribution is -2.43. The molecule has 6 nitrogen and oxygen atoms in total. The Morgan fingerprint density at radius 3 is 2.11 bits per heavy atom. The van der Waals surface area contributed by atoms with Crippen LogP contribution in [0.4, 0.5) is 4.79 Å². The first-order chi connectivity index (χ1) is 12.7. The first-order valence-corrected chi connectivity index (χ1v) is 9.41. The number of alkyl carbamates (subject to hydrolysis) is 1. The fraction of sp³-hybridized carbons (Fsp3) is 0.571. The fourth-order valence-corrected chi connectivity index (χ4v) is 2.87.